The summed E-state index contributed by atoms with van der Waals surface area (Å²) in [6.45, 7) is 1.04. The molecule has 0 saturated carbocycles. The number of fused-ring (bicyclic) bond motifs is 1. The fourth-order valence-electron chi connectivity index (χ4n) is 2.23. The molecule has 1 aliphatic heterocycles. The van der Waals surface area contributed by atoms with Gasteiger partial charge in [-0.05, 0) is 24.3 Å². The average molecular weight is 352 g/mol. The lowest BCUT2D eigenvalue weighted by Crippen LogP contribution is -2.24. The highest BCUT2D eigenvalue weighted by atomic mass is 32.2. The molecule has 0 saturated heterocycles. The van der Waals surface area contributed by atoms with Gasteiger partial charge in [-0.1, -0.05) is 11.8 Å². The first kappa shape index (κ1) is 16.0. The third kappa shape index (κ3) is 3.41. The number of sulfonamides is 1. The Balaban J connectivity index is 1.69. The number of carbonyl (C=O) groups is 1. The molecule has 1 aliphatic rings. The minimum atomic E-state index is -3.64. The number of nitrogens with one attached hydrogen (secondary N) is 2. The summed E-state index contributed by atoms with van der Waals surface area (Å²) < 4.78 is 29.1. The molecule has 9 heteroatoms. The van der Waals surface area contributed by atoms with E-state index < -0.39 is 10.0 Å². The molecule has 0 radical (unpaired) electrons. The molecule has 1 aromatic heterocycles. The predicted octanol–water partition coefficient (Wildman–Crippen LogP) is 0.827. The number of rotatable bonds is 5. The monoisotopic (exact) mass is 352 g/mol. The van der Waals surface area contributed by atoms with Gasteiger partial charge in [0.15, 0.2) is 5.16 Å². The maximum absolute atomic E-state index is 12.3. The van der Waals surface area contributed by atoms with Gasteiger partial charge in [0.1, 0.15) is 0 Å². The van der Waals surface area contributed by atoms with Crippen LogP contribution in [0.5, 0.6) is 0 Å². The van der Waals surface area contributed by atoms with Crippen molar-refractivity contribution in [3.8, 4) is 0 Å². The van der Waals surface area contributed by atoms with Crippen LogP contribution in [0.3, 0.4) is 0 Å². The van der Waals surface area contributed by atoms with Crippen molar-refractivity contribution in [1.29, 1.82) is 0 Å². The van der Waals surface area contributed by atoms with Gasteiger partial charge in [0.2, 0.25) is 10.0 Å². The van der Waals surface area contributed by atoms with E-state index in [1.165, 1.54) is 31.3 Å². The number of hydrogen-bond acceptors (Lipinski definition) is 5. The molecule has 1 aromatic carbocycles. The molecular formula is C14H16N4O3S2. The molecule has 0 atom stereocenters. The highest BCUT2D eigenvalue weighted by Gasteiger charge is 2.18. The van der Waals surface area contributed by atoms with Gasteiger partial charge < -0.3 is 9.88 Å². The number of amides is 1. The van der Waals surface area contributed by atoms with E-state index in [2.05, 4.69) is 15.0 Å². The molecule has 0 bridgehead atoms. The third-order valence-electron chi connectivity index (χ3n) is 3.45. The molecule has 0 unspecified atom stereocenters. The van der Waals surface area contributed by atoms with Crippen LogP contribution in [0.1, 0.15) is 16.1 Å². The van der Waals surface area contributed by atoms with Gasteiger partial charge in [-0.3, -0.25) is 4.79 Å². The molecule has 2 aromatic rings. The Kier molecular flexibility index (Phi) is 4.42. The summed E-state index contributed by atoms with van der Waals surface area (Å²) in [6.07, 6.45) is 1.87. The first-order valence-electron chi connectivity index (χ1n) is 7.00. The van der Waals surface area contributed by atoms with Crippen LogP contribution in [0.4, 0.5) is 0 Å². The molecule has 2 heterocycles. The highest BCUT2D eigenvalue weighted by molar-refractivity contribution is 7.99. The second-order valence-corrected chi connectivity index (χ2v) is 7.81. The Morgan fingerprint density at radius 1 is 1.35 bits per heavy atom. The van der Waals surface area contributed by atoms with E-state index in [1.807, 2.05) is 10.8 Å². The van der Waals surface area contributed by atoms with E-state index in [1.54, 1.807) is 11.8 Å². The van der Waals surface area contributed by atoms with Gasteiger partial charge in [-0.2, -0.15) is 0 Å². The Hall–Kier alpha value is -1.84. The second kappa shape index (κ2) is 6.34. The molecule has 0 fully saturated rings. The summed E-state index contributed by atoms with van der Waals surface area (Å²) in [5.74, 6) is 0.749. The zero-order chi connectivity index (χ0) is 16.4. The van der Waals surface area contributed by atoms with Gasteiger partial charge in [-0.25, -0.2) is 18.1 Å². The standard InChI is InChI=1S/C14H16N4O3S2/c1-15-13(19)10-2-4-12(5-3-10)23(20,21)16-8-11-9-18-6-7-22-14(18)17-11/h2-5,9,16H,6-8H2,1H3,(H,15,19). The minimum absolute atomic E-state index is 0.117. The summed E-state index contributed by atoms with van der Waals surface area (Å²) >= 11 is 1.66. The zero-order valence-corrected chi connectivity index (χ0v) is 14.1. The molecule has 122 valence electrons. The molecule has 1 amide bonds. The first-order valence-corrected chi connectivity index (χ1v) is 9.47. The summed E-state index contributed by atoms with van der Waals surface area (Å²) in [5.41, 5.74) is 1.10. The van der Waals surface area contributed by atoms with Crippen molar-refractivity contribution in [1.82, 2.24) is 19.6 Å². The Bertz CT molecular complexity index is 807. The lowest BCUT2D eigenvalue weighted by Gasteiger charge is -2.06. The van der Waals surface area contributed by atoms with Crippen LogP contribution in [0.25, 0.3) is 0 Å². The lowest BCUT2D eigenvalue weighted by molar-refractivity contribution is 0.0963. The van der Waals surface area contributed by atoms with Crippen molar-refractivity contribution >= 4 is 27.7 Å². The highest BCUT2D eigenvalue weighted by Crippen LogP contribution is 2.24. The van der Waals surface area contributed by atoms with Gasteiger partial charge in [0.05, 0.1) is 17.1 Å². The number of aromatic nitrogens is 2. The summed E-state index contributed by atoms with van der Waals surface area (Å²) in [5, 5.41) is 3.41. The summed E-state index contributed by atoms with van der Waals surface area (Å²) in [7, 11) is -2.11. The molecule has 0 aliphatic carbocycles. The number of carbonyl (C=O) groups excluding carboxylic acids is 1. The maximum atomic E-state index is 12.3. The molecule has 7 nitrogen and oxygen atoms in total. The summed E-state index contributed by atoms with van der Waals surface area (Å²) in [6, 6.07) is 5.79. The molecule has 0 spiro atoms. The third-order valence-corrected chi connectivity index (χ3v) is 5.84. The maximum Gasteiger partial charge on any atom is 0.251 e. The Labute approximate surface area is 138 Å². The fourth-order valence-corrected chi connectivity index (χ4v) is 4.19. The predicted molar refractivity (Wildman–Crippen MR) is 86.8 cm³/mol. The van der Waals surface area contributed by atoms with Crippen molar-refractivity contribution < 1.29 is 13.2 Å². The zero-order valence-electron chi connectivity index (χ0n) is 12.4. The molecule has 3 rings (SSSR count). The van der Waals surface area contributed by atoms with Gasteiger partial charge in [-0.15, -0.1) is 0 Å². The number of imidazole rings is 1. The quantitative estimate of drug-likeness (QED) is 0.831. The van der Waals surface area contributed by atoms with Crippen LogP contribution < -0.4 is 10.0 Å². The summed E-state index contributed by atoms with van der Waals surface area (Å²) in [4.78, 5) is 16.0. The fraction of sp³-hybridized carbons (Fsp3) is 0.286. The average Bonchev–Trinajstić information content (AvgIpc) is 3.14. The minimum Gasteiger partial charge on any atom is -0.355 e. The van der Waals surface area contributed by atoms with E-state index in [-0.39, 0.29) is 17.3 Å². The number of aryl methyl sites for hydroxylation is 1. The molecule has 2 N–H and O–H groups in total. The van der Waals surface area contributed by atoms with Gasteiger partial charge in [0, 0.05) is 31.1 Å². The smallest absolute Gasteiger partial charge is 0.251 e. The number of hydrogen-bond donors (Lipinski definition) is 2. The SMILES string of the molecule is CNC(=O)c1ccc(S(=O)(=O)NCc2cn3c(n2)SCC3)cc1. The van der Waals surface area contributed by atoms with Crippen LogP contribution in [0.2, 0.25) is 0 Å². The van der Waals surface area contributed by atoms with E-state index in [9.17, 15) is 13.2 Å². The number of thioether (sulfide) groups is 1. The van der Waals surface area contributed by atoms with E-state index in [0.717, 1.165) is 17.5 Å². The van der Waals surface area contributed by atoms with Crippen molar-refractivity contribution in [2.45, 2.75) is 23.1 Å². The van der Waals surface area contributed by atoms with E-state index in [0.29, 0.717) is 11.3 Å². The largest absolute Gasteiger partial charge is 0.355 e. The van der Waals surface area contributed by atoms with Crippen LogP contribution in [-0.4, -0.2) is 36.7 Å². The van der Waals surface area contributed by atoms with Crippen LogP contribution >= 0.6 is 11.8 Å². The van der Waals surface area contributed by atoms with Crippen LogP contribution in [-0.2, 0) is 23.1 Å². The van der Waals surface area contributed by atoms with Crippen LogP contribution in [0, 0.1) is 0 Å². The van der Waals surface area contributed by atoms with Crippen molar-refractivity contribution in [3.63, 3.8) is 0 Å². The Morgan fingerprint density at radius 3 is 2.74 bits per heavy atom. The second-order valence-electron chi connectivity index (χ2n) is 4.98. The molecular weight excluding hydrogens is 336 g/mol. The van der Waals surface area contributed by atoms with E-state index >= 15 is 0 Å². The van der Waals surface area contributed by atoms with Crippen LogP contribution in [0.15, 0.2) is 40.5 Å². The van der Waals surface area contributed by atoms with E-state index in [4.69, 9.17) is 0 Å². The number of benzene rings is 1. The Morgan fingerprint density at radius 2 is 2.09 bits per heavy atom. The normalized spacial score (nSPS) is 13.8. The van der Waals surface area contributed by atoms with Gasteiger partial charge >= 0.3 is 0 Å². The van der Waals surface area contributed by atoms with Crippen molar-refractivity contribution in [3.05, 3.63) is 41.7 Å². The topological polar surface area (TPSA) is 93.1 Å². The lowest BCUT2D eigenvalue weighted by atomic mass is 10.2. The molecule has 23 heavy (non-hydrogen) atoms. The first-order chi connectivity index (χ1) is 11.0. The van der Waals surface area contributed by atoms with Crippen molar-refractivity contribution in [2.75, 3.05) is 12.8 Å². The number of nitrogens with zero attached hydrogens (tertiary/aromatic N) is 2. The van der Waals surface area contributed by atoms with Crippen molar-refractivity contribution in [2.24, 2.45) is 0 Å². The van der Waals surface area contributed by atoms with Gasteiger partial charge in [0.25, 0.3) is 5.91 Å².